The van der Waals surface area contributed by atoms with Crippen molar-refractivity contribution >= 4 is 39.0 Å². The fourth-order valence-electron chi connectivity index (χ4n) is 2.71. The number of carbonyl (C=O) groups excluding carboxylic acids is 1. The van der Waals surface area contributed by atoms with Gasteiger partial charge in [-0.25, -0.2) is 5.43 Å². The van der Waals surface area contributed by atoms with Crippen LogP contribution in [0.1, 0.15) is 16.8 Å². The van der Waals surface area contributed by atoms with Crippen molar-refractivity contribution in [3.63, 3.8) is 0 Å². The lowest BCUT2D eigenvalue weighted by atomic mass is 10.1. The van der Waals surface area contributed by atoms with Crippen LogP contribution in [0.15, 0.2) is 58.1 Å². The second-order valence-electron chi connectivity index (χ2n) is 5.67. The molecule has 4 nitrogen and oxygen atoms in total. The van der Waals surface area contributed by atoms with Crippen LogP contribution >= 0.6 is 15.9 Å². The molecule has 0 aliphatic heterocycles. The Hall–Kier alpha value is -2.40. The van der Waals surface area contributed by atoms with Crippen molar-refractivity contribution in [1.82, 2.24) is 9.99 Å². The highest BCUT2D eigenvalue weighted by molar-refractivity contribution is 9.10. The fourth-order valence-corrected chi connectivity index (χ4v) is 2.97. The Balaban J connectivity index is 1.71. The molecule has 0 bridgehead atoms. The number of hydrazone groups is 1. The molecule has 1 aromatic heterocycles. The lowest BCUT2D eigenvalue weighted by Crippen LogP contribution is -2.19. The van der Waals surface area contributed by atoms with E-state index in [4.69, 9.17) is 0 Å². The van der Waals surface area contributed by atoms with Gasteiger partial charge in [0, 0.05) is 33.7 Å². The van der Waals surface area contributed by atoms with Crippen molar-refractivity contribution in [2.24, 2.45) is 12.1 Å². The van der Waals surface area contributed by atoms with Crippen LogP contribution in [0, 0.1) is 6.92 Å². The molecule has 2 aromatic carbocycles. The third-order valence-electron chi connectivity index (χ3n) is 4.11. The predicted molar refractivity (Wildman–Crippen MR) is 101 cm³/mol. The summed E-state index contributed by atoms with van der Waals surface area (Å²) >= 11 is 3.38. The summed E-state index contributed by atoms with van der Waals surface area (Å²) in [7, 11) is 2.03. The van der Waals surface area contributed by atoms with Crippen LogP contribution in [0.25, 0.3) is 10.9 Å². The summed E-state index contributed by atoms with van der Waals surface area (Å²) < 4.78 is 3.12. The summed E-state index contributed by atoms with van der Waals surface area (Å²) in [6.45, 7) is 2.05. The maximum Gasteiger partial charge on any atom is 0.244 e. The van der Waals surface area contributed by atoms with Crippen molar-refractivity contribution in [2.75, 3.05) is 0 Å². The quantitative estimate of drug-likeness (QED) is 0.538. The van der Waals surface area contributed by atoms with Crippen molar-refractivity contribution in [3.05, 3.63) is 69.8 Å². The predicted octanol–water partition coefficient (Wildman–Crippen LogP) is 3.94. The van der Waals surface area contributed by atoms with E-state index in [0.717, 1.165) is 32.2 Å². The summed E-state index contributed by atoms with van der Waals surface area (Å²) in [5, 5.41) is 5.26. The molecule has 122 valence electrons. The van der Waals surface area contributed by atoms with Gasteiger partial charge in [-0.15, -0.1) is 0 Å². The monoisotopic (exact) mass is 383 g/mol. The number of nitrogens with zero attached hydrogens (tertiary/aromatic N) is 2. The van der Waals surface area contributed by atoms with E-state index in [1.54, 1.807) is 6.21 Å². The minimum absolute atomic E-state index is 0.133. The lowest BCUT2D eigenvalue weighted by molar-refractivity contribution is -0.120. The molecule has 0 unspecified atom stereocenters. The largest absolute Gasteiger partial charge is 0.347 e. The summed E-state index contributed by atoms with van der Waals surface area (Å²) in [5.41, 5.74) is 6.84. The topological polar surface area (TPSA) is 46.4 Å². The molecule has 0 saturated carbocycles. The van der Waals surface area contributed by atoms with Gasteiger partial charge in [0.2, 0.25) is 5.91 Å². The van der Waals surface area contributed by atoms with Gasteiger partial charge in [-0.3, -0.25) is 4.79 Å². The van der Waals surface area contributed by atoms with Crippen molar-refractivity contribution in [3.8, 4) is 0 Å². The summed E-state index contributed by atoms with van der Waals surface area (Å²) in [6, 6.07) is 15.8. The van der Waals surface area contributed by atoms with Crippen LogP contribution in [0.4, 0.5) is 0 Å². The second-order valence-corrected chi connectivity index (χ2v) is 6.59. The van der Waals surface area contributed by atoms with Crippen LogP contribution in [0.2, 0.25) is 0 Å². The molecule has 0 radical (unpaired) electrons. The van der Waals surface area contributed by atoms with Gasteiger partial charge < -0.3 is 4.57 Å². The summed E-state index contributed by atoms with van der Waals surface area (Å²) in [4.78, 5) is 12.0. The smallest absolute Gasteiger partial charge is 0.244 e. The van der Waals surface area contributed by atoms with Crippen molar-refractivity contribution in [1.29, 1.82) is 0 Å². The number of nitrogens with one attached hydrogen (secondary N) is 1. The summed E-state index contributed by atoms with van der Waals surface area (Å²) in [5.74, 6) is -0.133. The first-order chi connectivity index (χ1) is 11.6. The Morgan fingerprint density at radius 3 is 2.67 bits per heavy atom. The Morgan fingerprint density at radius 1 is 1.21 bits per heavy atom. The molecule has 3 aromatic rings. The minimum Gasteiger partial charge on any atom is -0.347 e. The van der Waals surface area contributed by atoms with Crippen molar-refractivity contribution < 1.29 is 4.79 Å². The van der Waals surface area contributed by atoms with E-state index in [1.165, 1.54) is 0 Å². The molecule has 0 aliphatic carbocycles. The van der Waals surface area contributed by atoms with Gasteiger partial charge in [-0.2, -0.15) is 5.10 Å². The Morgan fingerprint density at radius 2 is 1.92 bits per heavy atom. The van der Waals surface area contributed by atoms with Gasteiger partial charge in [-0.1, -0.05) is 46.3 Å². The molecule has 0 fully saturated rings. The highest BCUT2D eigenvalue weighted by atomic mass is 79.9. The molecule has 24 heavy (non-hydrogen) atoms. The molecular formula is C19H18BrN3O. The summed E-state index contributed by atoms with van der Waals surface area (Å²) in [6.07, 6.45) is 2.02. The van der Waals surface area contributed by atoms with Gasteiger partial charge in [0.25, 0.3) is 0 Å². The molecule has 0 spiro atoms. The normalized spacial score (nSPS) is 11.3. The number of benzene rings is 2. The van der Waals surface area contributed by atoms with E-state index in [2.05, 4.69) is 43.2 Å². The first kappa shape index (κ1) is 16.5. The highest BCUT2D eigenvalue weighted by Gasteiger charge is 2.09. The van der Waals surface area contributed by atoms with Gasteiger partial charge in [0.05, 0.1) is 12.6 Å². The molecule has 0 saturated heterocycles. The molecule has 1 heterocycles. The maximum atomic E-state index is 12.0. The van der Waals surface area contributed by atoms with Crippen LogP contribution in [0.5, 0.6) is 0 Å². The average Bonchev–Trinajstić information content (AvgIpc) is 2.82. The molecule has 1 N–H and O–H groups in total. The van der Waals surface area contributed by atoms with E-state index in [9.17, 15) is 4.79 Å². The minimum atomic E-state index is -0.133. The SMILES string of the molecule is Cc1c(/C=N\NC(=O)Cc2ccc(Br)cc2)c2ccccc2n1C. The lowest BCUT2D eigenvalue weighted by Gasteiger charge is -2.01. The second kappa shape index (κ2) is 7.01. The third kappa shape index (κ3) is 3.41. The number of halogens is 1. The first-order valence-electron chi connectivity index (χ1n) is 7.66. The van der Waals surface area contributed by atoms with E-state index in [1.807, 2.05) is 50.4 Å². The van der Waals surface area contributed by atoms with Gasteiger partial charge >= 0.3 is 0 Å². The van der Waals surface area contributed by atoms with Gasteiger partial charge in [0.15, 0.2) is 0 Å². The standard InChI is InChI=1S/C19H18BrN3O/c1-13-17(16-5-3-4-6-18(16)23(13)2)12-21-22-19(24)11-14-7-9-15(20)10-8-14/h3-10,12H,11H2,1-2H3,(H,22,24)/b21-12-. The Kier molecular flexibility index (Phi) is 4.81. The first-order valence-corrected chi connectivity index (χ1v) is 8.46. The number of para-hydroxylation sites is 1. The fraction of sp³-hybridized carbons (Fsp3) is 0.158. The highest BCUT2D eigenvalue weighted by Crippen LogP contribution is 2.22. The molecule has 3 rings (SSSR count). The number of amides is 1. The van der Waals surface area contributed by atoms with E-state index in [0.29, 0.717) is 6.42 Å². The molecule has 0 aliphatic rings. The number of aryl methyl sites for hydroxylation is 1. The number of carbonyl (C=O) groups is 1. The van der Waals surface area contributed by atoms with E-state index < -0.39 is 0 Å². The van der Waals surface area contributed by atoms with Crippen LogP contribution in [-0.4, -0.2) is 16.7 Å². The zero-order chi connectivity index (χ0) is 17.1. The molecule has 0 atom stereocenters. The van der Waals surface area contributed by atoms with Gasteiger partial charge in [-0.05, 0) is 30.7 Å². The van der Waals surface area contributed by atoms with Crippen LogP contribution in [-0.2, 0) is 18.3 Å². The molecular weight excluding hydrogens is 366 g/mol. The van der Waals surface area contributed by atoms with Crippen LogP contribution in [0.3, 0.4) is 0 Å². The average molecular weight is 384 g/mol. The van der Waals surface area contributed by atoms with Gasteiger partial charge in [0.1, 0.15) is 0 Å². The molecule has 5 heteroatoms. The zero-order valence-corrected chi connectivity index (χ0v) is 15.2. The number of fused-ring (bicyclic) bond motifs is 1. The molecule has 1 amide bonds. The number of rotatable bonds is 4. The van der Waals surface area contributed by atoms with Crippen molar-refractivity contribution in [2.45, 2.75) is 13.3 Å². The Labute approximate surface area is 149 Å². The van der Waals surface area contributed by atoms with Crippen LogP contribution < -0.4 is 5.43 Å². The number of aromatic nitrogens is 1. The zero-order valence-electron chi connectivity index (χ0n) is 13.6. The number of hydrogen-bond acceptors (Lipinski definition) is 2. The van der Waals surface area contributed by atoms with E-state index in [-0.39, 0.29) is 5.91 Å². The number of hydrogen-bond donors (Lipinski definition) is 1. The third-order valence-corrected chi connectivity index (χ3v) is 4.64. The maximum absolute atomic E-state index is 12.0. The van der Waals surface area contributed by atoms with E-state index >= 15 is 0 Å². The Bertz CT molecular complexity index is 910.